The molecule has 0 aromatic heterocycles. The van der Waals surface area contributed by atoms with Crippen LogP contribution in [0.3, 0.4) is 0 Å². The molecule has 0 saturated heterocycles. The molecule has 0 heterocycles. The predicted octanol–water partition coefficient (Wildman–Crippen LogP) is 3.78. The lowest BCUT2D eigenvalue weighted by atomic mass is 10.0. The molecule has 0 bridgehead atoms. The van der Waals surface area contributed by atoms with Gasteiger partial charge in [0.25, 0.3) is 11.6 Å². The molecule has 2 N–H and O–H groups in total. The van der Waals surface area contributed by atoms with Crippen LogP contribution in [0.25, 0.3) is 0 Å². The van der Waals surface area contributed by atoms with Crippen molar-refractivity contribution in [1.29, 1.82) is 0 Å². The molecule has 2 amide bonds. The number of para-hydroxylation sites is 1. The van der Waals surface area contributed by atoms with Crippen molar-refractivity contribution in [1.82, 2.24) is 5.32 Å². The summed E-state index contributed by atoms with van der Waals surface area (Å²) < 4.78 is 13.7. The summed E-state index contributed by atoms with van der Waals surface area (Å²) in [6, 6.07) is 8.10. The number of anilines is 1. The van der Waals surface area contributed by atoms with Crippen molar-refractivity contribution < 1.29 is 18.9 Å². The second-order valence-electron chi connectivity index (χ2n) is 6.09. The van der Waals surface area contributed by atoms with Crippen LogP contribution in [0.5, 0.6) is 0 Å². The summed E-state index contributed by atoms with van der Waals surface area (Å²) in [7, 11) is 0. The smallest absolute Gasteiger partial charge is 0.270 e. The lowest BCUT2D eigenvalue weighted by molar-refractivity contribution is -0.384. The van der Waals surface area contributed by atoms with Crippen LogP contribution >= 0.6 is 11.6 Å². The fourth-order valence-corrected chi connectivity index (χ4v) is 2.59. The molecule has 2 aromatic rings. The summed E-state index contributed by atoms with van der Waals surface area (Å²) in [5.74, 6) is -2.17. The summed E-state index contributed by atoms with van der Waals surface area (Å²) >= 11 is 5.95. The van der Waals surface area contributed by atoms with E-state index in [4.69, 9.17) is 11.6 Å². The van der Waals surface area contributed by atoms with Gasteiger partial charge >= 0.3 is 0 Å². The van der Waals surface area contributed by atoms with Crippen LogP contribution in [0, 0.1) is 21.8 Å². The van der Waals surface area contributed by atoms with Crippen LogP contribution < -0.4 is 10.6 Å². The highest BCUT2D eigenvalue weighted by Gasteiger charge is 2.26. The molecule has 0 aliphatic carbocycles. The average molecular weight is 394 g/mol. The highest BCUT2D eigenvalue weighted by Crippen LogP contribution is 2.23. The van der Waals surface area contributed by atoms with E-state index in [-0.39, 0.29) is 27.9 Å². The van der Waals surface area contributed by atoms with E-state index >= 15 is 0 Å². The molecule has 9 heteroatoms. The number of amides is 2. The third-order valence-electron chi connectivity index (χ3n) is 3.78. The van der Waals surface area contributed by atoms with Crippen molar-refractivity contribution >= 4 is 34.8 Å². The van der Waals surface area contributed by atoms with Gasteiger partial charge in [0.2, 0.25) is 5.91 Å². The van der Waals surface area contributed by atoms with Gasteiger partial charge in [-0.15, -0.1) is 0 Å². The van der Waals surface area contributed by atoms with E-state index in [1.165, 1.54) is 24.3 Å². The van der Waals surface area contributed by atoms with Crippen molar-refractivity contribution in [2.45, 2.75) is 19.9 Å². The van der Waals surface area contributed by atoms with Crippen molar-refractivity contribution in [3.05, 3.63) is 69.0 Å². The number of nitrogens with one attached hydrogen (secondary N) is 2. The zero-order valence-corrected chi connectivity index (χ0v) is 15.3. The highest BCUT2D eigenvalue weighted by molar-refractivity contribution is 6.34. The Hall–Kier alpha value is -3.00. The second-order valence-corrected chi connectivity index (χ2v) is 6.49. The minimum atomic E-state index is -0.969. The normalized spacial score (nSPS) is 11.7. The molecule has 7 nitrogen and oxygen atoms in total. The first-order valence-electron chi connectivity index (χ1n) is 8.01. The first-order valence-corrected chi connectivity index (χ1v) is 8.38. The van der Waals surface area contributed by atoms with Crippen LogP contribution in [0.1, 0.15) is 24.2 Å². The number of carbonyl (C=O) groups excluding carboxylic acids is 2. The van der Waals surface area contributed by atoms with E-state index in [9.17, 15) is 24.1 Å². The van der Waals surface area contributed by atoms with Gasteiger partial charge in [0.1, 0.15) is 11.9 Å². The number of non-ortho nitro benzene ring substituents is 1. The fraction of sp³-hybridized carbons (Fsp3) is 0.222. The Kier molecular flexibility index (Phi) is 6.46. The van der Waals surface area contributed by atoms with Gasteiger partial charge in [0, 0.05) is 12.1 Å². The van der Waals surface area contributed by atoms with Gasteiger partial charge in [-0.25, -0.2) is 4.39 Å². The molecular formula is C18H17ClFN3O4. The van der Waals surface area contributed by atoms with E-state index in [1.54, 1.807) is 19.9 Å². The summed E-state index contributed by atoms with van der Waals surface area (Å²) in [5, 5.41) is 15.6. The third-order valence-corrected chi connectivity index (χ3v) is 4.09. The van der Waals surface area contributed by atoms with Gasteiger partial charge in [0.15, 0.2) is 0 Å². The Labute approximate surface area is 159 Å². The minimum Gasteiger partial charge on any atom is -0.340 e. The van der Waals surface area contributed by atoms with E-state index in [1.807, 2.05) is 0 Å². The lowest BCUT2D eigenvalue weighted by Gasteiger charge is -2.22. The van der Waals surface area contributed by atoms with E-state index in [0.717, 1.165) is 12.1 Å². The van der Waals surface area contributed by atoms with Gasteiger partial charge in [-0.05, 0) is 24.1 Å². The van der Waals surface area contributed by atoms with E-state index < -0.39 is 28.6 Å². The Morgan fingerprint density at radius 2 is 1.85 bits per heavy atom. The average Bonchev–Trinajstić information content (AvgIpc) is 2.60. The number of nitro groups is 1. The maximum Gasteiger partial charge on any atom is 0.270 e. The van der Waals surface area contributed by atoms with Gasteiger partial charge in [-0.2, -0.15) is 0 Å². The Morgan fingerprint density at radius 1 is 1.19 bits per heavy atom. The molecular weight excluding hydrogens is 377 g/mol. The summed E-state index contributed by atoms with van der Waals surface area (Å²) in [4.78, 5) is 35.1. The number of benzene rings is 2. The third kappa shape index (κ3) is 5.01. The van der Waals surface area contributed by atoms with Crippen LogP contribution in [-0.2, 0) is 4.79 Å². The highest BCUT2D eigenvalue weighted by atomic mass is 35.5. The first kappa shape index (κ1) is 20.3. The standard InChI is InChI=1S/C18H17ClFN3O4/c1-10(2)16(18(25)21-15-6-4-3-5-14(15)20)22-17(24)12-8-7-11(23(26)27)9-13(12)19/h3-10,16H,1-2H3,(H,21,25)(H,22,24). The molecule has 1 unspecified atom stereocenters. The number of hydrogen-bond acceptors (Lipinski definition) is 4. The number of halogens is 2. The second kappa shape index (κ2) is 8.59. The molecule has 0 radical (unpaired) electrons. The van der Waals surface area contributed by atoms with Gasteiger partial charge in [-0.3, -0.25) is 19.7 Å². The number of nitrogens with zero attached hydrogens (tertiary/aromatic N) is 1. The van der Waals surface area contributed by atoms with Crippen molar-refractivity contribution in [2.24, 2.45) is 5.92 Å². The molecule has 2 aromatic carbocycles. The topological polar surface area (TPSA) is 101 Å². The maximum absolute atomic E-state index is 13.7. The number of rotatable bonds is 6. The molecule has 0 fully saturated rings. The Morgan fingerprint density at radius 3 is 2.41 bits per heavy atom. The van der Waals surface area contributed by atoms with Gasteiger partial charge in [0.05, 0.1) is 21.2 Å². The van der Waals surface area contributed by atoms with Gasteiger partial charge in [-0.1, -0.05) is 37.6 Å². The number of nitro benzene ring substituents is 1. The molecule has 0 spiro atoms. The molecule has 2 rings (SSSR count). The SMILES string of the molecule is CC(C)C(NC(=O)c1ccc([N+](=O)[O-])cc1Cl)C(=O)Nc1ccccc1F. The molecule has 0 saturated carbocycles. The molecule has 1 atom stereocenters. The van der Waals surface area contributed by atoms with Crippen LogP contribution in [0.2, 0.25) is 5.02 Å². The van der Waals surface area contributed by atoms with E-state index in [0.29, 0.717) is 0 Å². The number of carbonyl (C=O) groups is 2. The van der Waals surface area contributed by atoms with Crippen LogP contribution in [0.15, 0.2) is 42.5 Å². The Balaban J connectivity index is 2.18. The van der Waals surface area contributed by atoms with E-state index in [2.05, 4.69) is 10.6 Å². The van der Waals surface area contributed by atoms with Crippen LogP contribution in [-0.4, -0.2) is 22.8 Å². The minimum absolute atomic E-state index is 0.00392. The monoisotopic (exact) mass is 393 g/mol. The predicted molar refractivity (Wildman–Crippen MR) is 99.2 cm³/mol. The van der Waals surface area contributed by atoms with Gasteiger partial charge < -0.3 is 10.6 Å². The number of hydrogen-bond donors (Lipinski definition) is 2. The molecule has 0 aliphatic rings. The fourth-order valence-electron chi connectivity index (χ4n) is 2.33. The zero-order valence-electron chi connectivity index (χ0n) is 14.5. The summed E-state index contributed by atoms with van der Waals surface area (Å²) in [6.07, 6.45) is 0. The lowest BCUT2D eigenvalue weighted by Crippen LogP contribution is -2.47. The quantitative estimate of drug-likeness (QED) is 0.576. The molecule has 0 aliphatic heterocycles. The van der Waals surface area contributed by atoms with Crippen LogP contribution in [0.4, 0.5) is 15.8 Å². The largest absolute Gasteiger partial charge is 0.340 e. The molecule has 27 heavy (non-hydrogen) atoms. The summed E-state index contributed by atoms with van der Waals surface area (Å²) in [6.45, 7) is 3.42. The van der Waals surface area contributed by atoms with Crippen molar-refractivity contribution in [3.8, 4) is 0 Å². The summed E-state index contributed by atoms with van der Waals surface area (Å²) in [5.41, 5.74) is -0.267. The molecule has 142 valence electrons. The maximum atomic E-state index is 13.7. The van der Waals surface area contributed by atoms with Crippen molar-refractivity contribution in [2.75, 3.05) is 5.32 Å². The van der Waals surface area contributed by atoms with Crippen molar-refractivity contribution in [3.63, 3.8) is 0 Å². The zero-order chi connectivity index (χ0) is 20.1. The first-order chi connectivity index (χ1) is 12.7. The Bertz CT molecular complexity index is 889.